The summed E-state index contributed by atoms with van der Waals surface area (Å²) in [5.74, 6) is 4.77. The van der Waals surface area contributed by atoms with Crippen LogP contribution >= 0.6 is 11.6 Å². The Balaban J connectivity index is 3.08. The van der Waals surface area contributed by atoms with E-state index in [1.165, 1.54) is 12.1 Å². The zero-order valence-corrected chi connectivity index (χ0v) is 10.1. The topological polar surface area (TPSA) is 80.4 Å². The Labute approximate surface area is 109 Å². The lowest BCUT2D eigenvalue weighted by atomic mass is 10.1. The summed E-state index contributed by atoms with van der Waals surface area (Å²) in [4.78, 5) is 20.8. The molecule has 0 saturated heterocycles. The van der Waals surface area contributed by atoms with Crippen LogP contribution in [0.4, 0.5) is 5.69 Å². The molecule has 1 aromatic carbocycles. The SMILES string of the molecule is O=C(O)Cc1ccc(C#CCCCl)cc1[N+](=O)[O-]. The van der Waals surface area contributed by atoms with Gasteiger partial charge in [-0.2, -0.15) is 0 Å². The maximum Gasteiger partial charge on any atom is 0.308 e. The van der Waals surface area contributed by atoms with E-state index >= 15 is 0 Å². The fraction of sp³-hybridized carbons (Fsp3) is 0.250. The Kier molecular flexibility index (Phi) is 5.15. The normalized spacial score (nSPS) is 9.39. The van der Waals surface area contributed by atoms with Crippen molar-refractivity contribution in [2.24, 2.45) is 0 Å². The molecule has 0 spiro atoms. The molecule has 0 aromatic heterocycles. The predicted octanol–water partition coefficient (Wildman–Crippen LogP) is 2.20. The summed E-state index contributed by atoms with van der Waals surface area (Å²) >= 11 is 5.46. The van der Waals surface area contributed by atoms with Crippen LogP contribution in [0.5, 0.6) is 0 Å². The van der Waals surface area contributed by atoms with Crippen molar-refractivity contribution in [2.45, 2.75) is 12.8 Å². The molecule has 0 radical (unpaired) electrons. The molecule has 94 valence electrons. The van der Waals surface area contributed by atoms with Gasteiger partial charge >= 0.3 is 5.97 Å². The zero-order chi connectivity index (χ0) is 13.5. The number of nitrogens with zero attached hydrogens (tertiary/aromatic N) is 1. The van der Waals surface area contributed by atoms with E-state index in [-0.39, 0.29) is 17.7 Å². The van der Waals surface area contributed by atoms with Gasteiger partial charge < -0.3 is 5.11 Å². The summed E-state index contributed by atoms with van der Waals surface area (Å²) in [6.07, 6.45) is 0.109. The minimum atomic E-state index is -1.11. The van der Waals surface area contributed by atoms with Gasteiger partial charge in [-0.1, -0.05) is 17.9 Å². The molecule has 0 heterocycles. The first-order chi connectivity index (χ1) is 8.54. The van der Waals surface area contributed by atoms with E-state index < -0.39 is 10.9 Å². The number of benzene rings is 1. The molecule has 1 rings (SSSR count). The van der Waals surface area contributed by atoms with Crippen LogP contribution in [0.2, 0.25) is 0 Å². The minimum Gasteiger partial charge on any atom is -0.481 e. The van der Waals surface area contributed by atoms with Gasteiger partial charge in [0.15, 0.2) is 0 Å². The van der Waals surface area contributed by atoms with Crippen LogP contribution in [-0.2, 0) is 11.2 Å². The number of nitro groups is 1. The van der Waals surface area contributed by atoms with Crippen molar-refractivity contribution in [3.63, 3.8) is 0 Å². The molecular weight excluding hydrogens is 258 g/mol. The molecule has 5 nitrogen and oxygen atoms in total. The molecule has 0 amide bonds. The summed E-state index contributed by atoms with van der Waals surface area (Å²) in [5, 5.41) is 19.5. The summed E-state index contributed by atoms with van der Waals surface area (Å²) in [6, 6.07) is 4.25. The van der Waals surface area contributed by atoms with Gasteiger partial charge in [0.1, 0.15) is 0 Å². The van der Waals surface area contributed by atoms with Gasteiger partial charge in [0.2, 0.25) is 0 Å². The van der Waals surface area contributed by atoms with E-state index in [0.29, 0.717) is 17.9 Å². The number of carboxylic acid groups (broad SMARTS) is 1. The van der Waals surface area contributed by atoms with Crippen molar-refractivity contribution in [1.29, 1.82) is 0 Å². The van der Waals surface area contributed by atoms with Gasteiger partial charge in [0.25, 0.3) is 5.69 Å². The van der Waals surface area contributed by atoms with E-state index in [0.717, 1.165) is 0 Å². The lowest BCUT2D eigenvalue weighted by Gasteiger charge is -2.00. The fourth-order valence-corrected chi connectivity index (χ4v) is 1.43. The van der Waals surface area contributed by atoms with Gasteiger partial charge in [0.05, 0.1) is 11.3 Å². The smallest absolute Gasteiger partial charge is 0.308 e. The van der Waals surface area contributed by atoms with Crippen molar-refractivity contribution in [1.82, 2.24) is 0 Å². The van der Waals surface area contributed by atoms with E-state index in [1.54, 1.807) is 6.07 Å². The predicted molar refractivity (Wildman–Crippen MR) is 66.7 cm³/mol. The van der Waals surface area contributed by atoms with E-state index in [1.807, 2.05) is 0 Å². The Morgan fingerprint density at radius 2 is 2.22 bits per heavy atom. The maximum atomic E-state index is 10.8. The highest BCUT2D eigenvalue weighted by atomic mass is 35.5. The second-order valence-corrected chi connectivity index (χ2v) is 3.79. The Morgan fingerprint density at radius 1 is 1.50 bits per heavy atom. The Morgan fingerprint density at radius 3 is 2.78 bits per heavy atom. The molecule has 18 heavy (non-hydrogen) atoms. The van der Waals surface area contributed by atoms with E-state index in [2.05, 4.69) is 11.8 Å². The molecule has 0 saturated carbocycles. The van der Waals surface area contributed by atoms with Gasteiger partial charge in [-0.05, 0) is 6.07 Å². The van der Waals surface area contributed by atoms with Crippen LogP contribution in [0.3, 0.4) is 0 Å². The molecule has 0 aliphatic rings. The van der Waals surface area contributed by atoms with E-state index in [9.17, 15) is 14.9 Å². The first kappa shape index (κ1) is 14.0. The molecule has 6 heteroatoms. The van der Waals surface area contributed by atoms with Gasteiger partial charge in [-0.15, -0.1) is 11.6 Å². The number of carboxylic acids is 1. The van der Waals surface area contributed by atoms with Crippen molar-refractivity contribution in [3.8, 4) is 11.8 Å². The lowest BCUT2D eigenvalue weighted by molar-refractivity contribution is -0.385. The molecule has 0 fully saturated rings. The number of halogens is 1. The van der Waals surface area contributed by atoms with Gasteiger partial charge in [0, 0.05) is 29.5 Å². The monoisotopic (exact) mass is 267 g/mol. The van der Waals surface area contributed by atoms with Crippen LogP contribution in [-0.4, -0.2) is 21.9 Å². The number of hydrogen-bond acceptors (Lipinski definition) is 3. The first-order valence-corrected chi connectivity index (χ1v) is 5.62. The van der Waals surface area contributed by atoms with Crippen molar-refractivity contribution in [3.05, 3.63) is 39.4 Å². The number of alkyl halides is 1. The highest BCUT2D eigenvalue weighted by Gasteiger charge is 2.16. The molecule has 0 bridgehead atoms. The first-order valence-electron chi connectivity index (χ1n) is 5.08. The summed E-state index contributed by atoms with van der Waals surface area (Å²) < 4.78 is 0. The lowest BCUT2D eigenvalue weighted by Crippen LogP contribution is -2.04. The Bertz CT molecular complexity index is 531. The van der Waals surface area contributed by atoms with Gasteiger partial charge in [-0.25, -0.2) is 0 Å². The zero-order valence-electron chi connectivity index (χ0n) is 9.35. The van der Waals surface area contributed by atoms with Crippen LogP contribution in [0.1, 0.15) is 17.5 Å². The van der Waals surface area contributed by atoms with Crippen molar-refractivity contribution < 1.29 is 14.8 Å². The second-order valence-electron chi connectivity index (χ2n) is 3.41. The average molecular weight is 268 g/mol. The second kappa shape index (κ2) is 6.62. The highest BCUT2D eigenvalue weighted by molar-refractivity contribution is 6.18. The fourth-order valence-electron chi connectivity index (χ4n) is 1.34. The molecule has 0 aliphatic heterocycles. The average Bonchev–Trinajstić information content (AvgIpc) is 2.30. The third-order valence-electron chi connectivity index (χ3n) is 2.08. The number of hydrogen-bond donors (Lipinski definition) is 1. The molecular formula is C12H10ClNO4. The maximum absolute atomic E-state index is 10.8. The molecule has 0 unspecified atom stereocenters. The number of rotatable bonds is 4. The number of carbonyl (C=O) groups is 1. The third kappa shape index (κ3) is 4.07. The highest BCUT2D eigenvalue weighted by Crippen LogP contribution is 2.20. The molecule has 1 aromatic rings. The molecule has 0 atom stereocenters. The standard InChI is InChI=1S/C12H10ClNO4/c13-6-2-1-3-9-4-5-10(8-12(15)16)11(7-9)14(17)18/h4-5,7H,2,6,8H2,(H,15,16). The van der Waals surface area contributed by atoms with Crippen molar-refractivity contribution >= 4 is 23.3 Å². The largest absolute Gasteiger partial charge is 0.481 e. The van der Waals surface area contributed by atoms with Crippen LogP contribution in [0.15, 0.2) is 18.2 Å². The van der Waals surface area contributed by atoms with E-state index in [4.69, 9.17) is 16.7 Å². The molecule has 0 aliphatic carbocycles. The minimum absolute atomic E-state index is 0.162. The summed E-state index contributed by atoms with van der Waals surface area (Å²) in [6.45, 7) is 0. The Hall–Kier alpha value is -2.06. The van der Waals surface area contributed by atoms with Crippen LogP contribution in [0.25, 0.3) is 0 Å². The number of aliphatic carboxylic acids is 1. The summed E-state index contributed by atoms with van der Waals surface area (Å²) in [5.41, 5.74) is 0.409. The third-order valence-corrected chi connectivity index (χ3v) is 2.26. The molecule has 1 N–H and O–H groups in total. The quantitative estimate of drug-likeness (QED) is 0.392. The summed E-state index contributed by atoms with van der Waals surface area (Å²) in [7, 11) is 0. The van der Waals surface area contributed by atoms with Crippen LogP contribution in [0, 0.1) is 22.0 Å². The van der Waals surface area contributed by atoms with Crippen LogP contribution < -0.4 is 0 Å². The number of nitro benzene ring substituents is 1. The van der Waals surface area contributed by atoms with Crippen molar-refractivity contribution in [2.75, 3.05) is 5.88 Å². The van der Waals surface area contributed by atoms with Gasteiger partial charge in [-0.3, -0.25) is 14.9 Å².